The van der Waals surface area contributed by atoms with Crippen molar-refractivity contribution in [2.45, 2.75) is 38.6 Å². The molecule has 0 N–H and O–H groups in total. The molecule has 4 nitrogen and oxygen atoms in total. The van der Waals surface area contributed by atoms with Gasteiger partial charge in [-0.25, -0.2) is 0 Å². The average Bonchev–Trinajstić information content (AvgIpc) is 2.95. The van der Waals surface area contributed by atoms with Gasteiger partial charge in [0.2, 0.25) is 0 Å². The molecule has 5 heteroatoms. The number of hydrogen-bond donors (Lipinski definition) is 0. The van der Waals surface area contributed by atoms with E-state index in [1.54, 1.807) is 11.3 Å². The van der Waals surface area contributed by atoms with Crippen LogP contribution in [0.3, 0.4) is 0 Å². The molecule has 0 bridgehead atoms. The second kappa shape index (κ2) is 7.67. The van der Waals surface area contributed by atoms with E-state index >= 15 is 0 Å². The summed E-state index contributed by atoms with van der Waals surface area (Å²) in [6, 6.07) is 4.15. The minimum atomic E-state index is 0.263. The number of hydrogen-bond acceptors (Lipinski definition) is 4. The summed E-state index contributed by atoms with van der Waals surface area (Å²) < 4.78 is 0. The van der Waals surface area contributed by atoms with E-state index in [4.69, 9.17) is 0 Å². The van der Waals surface area contributed by atoms with Gasteiger partial charge in [-0.15, -0.1) is 11.3 Å². The van der Waals surface area contributed by atoms with Gasteiger partial charge in [-0.2, -0.15) is 0 Å². The summed E-state index contributed by atoms with van der Waals surface area (Å²) in [7, 11) is 0. The summed E-state index contributed by atoms with van der Waals surface area (Å²) in [4.78, 5) is 22.7. The Bertz CT molecular complexity index is 728. The Kier molecular flexibility index (Phi) is 5.13. The molecule has 1 aliphatic carbocycles. The maximum atomic E-state index is 13.1. The molecule has 2 aliphatic rings. The van der Waals surface area contributed by atoms with Crippen molar-refractivity contribution in [3.8, 4) is 0 Å². The van der Waals surface area contributed by atoms with Gasteiger partial charge in [0.15, 0.2) is 0 Å². The number of carbonyl (C=O) groups is 1. The molecule has 1 fully saturated rings. The summed E-state index contributed by atoms with van der Waals surface area (Å²) in [5.41, 5.74) is 4.06. The van der Waals surface area contributed by atoms with Gasteiger partial charge in [0, 0.05) is 45.1 Å². The fourth-order valence-electron chi connectivity index (χ4n) is 3.92. The Balaban J connectivity index is 1.40. The lowest BCUT2D eigenvalue weighted by Gasteiger charge is -2.22. The Morgan fingerprint density at radius 2 is 1.88 bits per heavy atom. The van der Waals surface area contributed by atoms with Gasteiger partial charge >= 0.3 is 0 Å². The number of fused-ring (bicyclic) bond motifs is 1. The van der Waals surface area contributed by atoms with Gasteiger partial charge in [0.05, 0.1) is 4.88 Å². The van der Waals surface area contributed by atoms with Gasteiger partial charge in [-0.3, -0.25) is 14.7 Å². The highest BCUT2D eigenvalue weighted by atomic mass is 32.1. The molecular formula is C20H25N3OS. The van der Waals surface area contributed by atoms with Crippen molar-refractivity contribution in [3.05, 3.63) is 51.5 Å². The number of amides is 1. The van der Waals surface area contributed by atoms with Crippen LogP contribution in [0, 0.1) is 0 Å². The minimum Gasteiger partial charge on any atom is -0.337 e. The fourth-order valence-corrected chi connectivity index (χ4v) is 5.05. The van der Waals surface area contributed by atoms with Crippen LogP contribution in [0.4, 0.5) is 0 Å². The molecule has 1 saturated heterocycles. The molecule has 2 aromatic heterocycles. The van der Waals surface area contributed by atoms with E-state index in [9.17, 15) is 4.79 Å². The summed E-state index contributed by atoms with van der Waals surface area (Å²) >= 11 is 1.67. The van der Waals surface area contributed by atoms with Crippen LogP contribution in [0.1, 0.15) is 45.6 Å². The predicted molar refractivity (Wildman–Crippen MR) is 101 cm³/mol. The molecule has 0 saturated carbocycles. The summed E-state index contributed by atoms with van der Waals surface area (Å²) in [5, 5.41) is 2.22. The van der Waals surface area contributed by atoms with Crippen molar-refractivity contribution < 1.29 is 4.79 Å². The van der Waals surface area contributed by atoms with Crippen LogP contribution in [0.5, 0.6) is 0 Å². The topological polar surface area (TPSA) is 36.4 Å². The molecule has 0 aromatic carbocycles. The first kappa shape index (κ1) is 16.7. The van der Waals surface area contributed by atoms with Crippen LogP contribution in [0.15, 0.2) is 29.9 Å². The van der Waals surface area contributed by atoms with Crippen molar-refractivity contribution in [1.29, 1.82) is 0 Å². The zero-order valence-electron chi connectivity index (χ0n) is 14.6. The first-order valence-corrected chi connectivity index (χ1v) is 10.2. The quantitative estimate of drug-likeness (QED) is 0.847. The maximum absolute atomic E-state index is 13.1. The van der Waals surface area contributed by atoms with Gasteiger partial charge in [0.1, 0.15) is 0 Å². The Morgan fingerprint density at radius 3 is 2.76 bits per heavy atom. The van der Waals surface area contributed by atoms with Crippen molar-refractivity contribution in [3.63, 3.8) is 0 Å². The number of rotatable bonds is 3. The van der Waals surface area contributed by atoms with Crippen LogP contribution >= 0.6 is 11.3 Å². The second-order valence-electron chi connectivity index (χ2n) is 7.05. The molecular weight excluding hydrogens is 330 g/mol. The number of carbonyl (C=O) groups excluding carboxylic acids is 1. The zero-order chi connectivity index (χ0) is 17.1. The lowest BCUT2D eigenvalue weighted by atomic mass is 9.93. The van der Waals surface area contributed by atoms with Gasteiger partial charge in [-0.05, 0) is 66.3 Å². The number of aryl methyl sites for hydroxylation is 1. The monoisotopic (exact) mass is 355 g/mol. The molecule has 0 atom stereocenters. The van der Waals surface area contributed by atoms with E-state index in [1.807, 2.05) is 12.4 Å². The third-order valence-corrected chi connectivity index (χ3v) is 6.39. The highest BCUT2D eigenvalue weighted by Crippen LogP contribution is 2.31. The van der Waals surface area contributed by atoms with Crippen LogP contribution in [-0.4, -0.2) is 46.9 Å². The highest BCUT2D eigenvalue weighted by Gasteiger charge is 2.25. The van der Waals surface area contributed by atoms with Crippen molar-refractivity contribution in [2.75, 3.05) is 26.2 Å². The highest BCUT2D eigenvalue weighted by molar-refractivity contribution is 7.12. The van der Waals surface area contributed by atoms with Gasteiger partial charge < -0.3 is 4.90 Å². The maximum Gasteiger partial charge on any atom is 0.264 e. The Hall–Kier alpha value is -1.72. The molecule has 2 aromatic rings. The van der Waals surface area contributed by atoms with Gasteiger partial charge in [0.25, 0.3) is 5.91 Å². The second-order valence-corrected chi connectivity index (χ2v) is 7.93. The van der Waals surface area contributed by atoms with E-state index in [-0.39, 0.29) is 5.91 Å². The van der Waals surface area contributed by atoms with Crippen molar-refractivity contribution >= 4 is 17.2 Å². The number of nitrogens with zero attached hydrogens (tertiary/aromatic N) is 3. The SMILES string of the molecule is O=C(c1scc2c1CCCC2)N1CCCN(Cc2ccncc2)CC1. The van der Waals surface area contributed by atoms with Crippen molar-refractivity contribution in [2.24, 2.45) is 0 Å². The third kappa shape index (κ3) is 3.77. The molecule has 132 valence electrons. The molecule has 1 aliphatic heterocycles. The fraction of sp³-hybridized carbons (Fsp3) is 0.500. The van der Waals surface area contributed by atoms with E-state index in [0.717, 1.165) is 56.9 Å². The molecule has 1 amide bonds. The lowest BCUT2D eigenvalue weighted by Crippen LogP contribution is -2.35. The molecule has 0 unspecified atom stereocenters. The average molecular weight is 356 g/mol. The van der Waals surface area contributed by atoms with Gasteiger partial charge in [-0.1, -0.05) is 0 Å². The number of thiophene rings is 1. The number of pyridine rings is 1. The molecule has 0 radical (unpaired) electrons. The van der Waals surface area contributed by atoms with Crippen LogP contribution in [-0.2, 0) is 19.4 Å². The normalized spacial score (nSPS) is 18.6. The first-order chi connectivity index (χ1) is 12.3. The molecule has 0 spiro atoms. The van der Waals surface area contributed by atoms with Crippen LogP contribution in [0.25, 0.3) is 0 Å². The zero-order valence-corrected chi connectivity index (χ0v) is 15.4. The first-order valence-electron chi connectivity index (χ1n) is 9.31. The van der Waals surface area contributed by atoms with E-state index in [0.29, 0.717) is 0 Å². The number of aromatic nitrogens is 1. The molecule has 25 heavy (non-hydrogen) atoms. The third-order valence-electron chi connectivity index (χ3n) is 5.33. The summed E-state index contributed by atoms with van der Waals surface area (Å²) in [6.07, 6.45) is 9.48. The van der Waals surface area contributed by atoms with Crippen molar-refractivity contribution in [1.82, 2.24) is 14.8 Å². The van der Waals surface area contributed by atoms with Crippen LogP contribution < -0.4 is 0 Å². The lowest BCUT2D eigenvalue weighted by molar-refractivity contribution is 0.0764. The summed E-state index contributed by atoms with van der Waals surface area (Å²) in [5.74, 6) is 0.263. The predicted octanol–water partition coefficient (Wildman–Crippen LogP) is 3.37. The molecule has 3 heterocycles. The van der Waals surface area contributed by atoms with E-state index < -0.39 is 0 Å². The largest absolute Gasteiger partial charge is 0.337 e. The smallest absolute Gasteiger partial charge is 0.264 e. The Labute approximate surface area is 153 Å². The van der Waals surface area contributed by atoms with E-state index in [1.165, 1.54) is 29.5 Å². The van der Waals surface area contributed by atoms with Crippen LogP contribution in [0.2, 0.25) is 0 Å². The minimum absolute atomic E-state index is 0.263. The van der Waals surface area contributed by atoms with E-state index in [2.05, 4.69) is 32.3 Å². The molecule has 4 rings (SSSR count). The standard InChI is InChI=1S/C20H25N3OS/c24-20(19-18-5-2-1-4-17(18)15-25-19)23-11-3-10-22(12-13-23)14-16-6-8-21-9-7-16/h6-9,15H,1-5,10-14H2. The summed E-state index contributed by atoms with van der Waals surface area (Å²) in [6.45, 7) is 4.64. The Morgan fingerprint density at radius 1 is 1.04 bits per heavy atom.